The Morgan fingerprint density at radius 2 is 2.32 bits per heavy atom. The number of amides is 2. The molecule has 1 N–H and O–H groups in total. The van der Waals surface area contributed by atoms with Crippen LogP contribution >= 0.6 is 0 Å². The molecule has 2 amide bonds. The van der Waals surface area contributed by atoms with E-state index in [1.807, 2.05) is 0 Å². The number of methoxy groups -OCH3 is 1. The highest BCUT2D eigenvalue weighted by Crippen LogP contribution is 2.33. The SMILES string of the molecule is C=CC(=O)Nc1ccc(OC)c(N2CCCC2=O)c1. The number of hydrogen-bond donors (Lipinski definition) is 1. The number of carbonyl (C=O) groups is 2. The summed E-state index contributed by atoms with van der Waals surface area (Å²) in [7, 11) is 1.56. The van der Waals surface area contributed by atoms with Crippen LogP contribution in [-0.4, -0.2) is 25.5 Å². The number of nitrogens with one attached hydrogen (secondary N) is 1. The smallest absolute Gasteiger partial charge is 0.247 e. The normalized spacial score (nSPS) is 14.4. The molecule has 1 heterocycles. The van der Waals surface area contributed by atoms with Crippen molar-refractivity contribution in [3.63, 3.8) is 0 Å². The Labute approximate surface area is 111 Å². The molecule has 0 spiro atoms. The number of rotatable bonds is 4. The fraction of sp³-hybridized carbons (Fsp3) is 0.286. The van der Waals surface area contributed by atoms with E-state index in [-0.39, 0.29) is 11.8 Å². The summed E-state index contributed by atoms with van der Waals surface area (Å²) in [5, 5.41) is 2.67. The van der Waals surface area contributed by atoms with Crippen LogP contribution in [0.2, 0.25) is 0 Å². The largest absolute Gasteiger partial charge is 0.495 e. The second-order valence-corrected chi connectivity index (χ2v) is 4.23. The van der Waals surface area contributed by atoms with Gasteiger partial charge in [-0.05, 0) is 30.7 Å². The van der Waals surface area contributed by atoms with E-state index in [1.165, 1.54) is 6.08 Å². The highest BCUT2D eigenvalue weighted by molar-refractivity contribution is 6.01. The maximum Gasteiger partial charge on any atom is 0.247 e. The van der Waals surface area contributed by atoms with Crippen LogP contribution in [0.25, 0.3) is 0 Å². The number of hydrogen-bond acceptors (Lipinski definition) is 3. The summed E-state index contributed by atoms with van der Waals surface area (Å²) in [5.41, 5.74) is 1.30. The molecule has 1 aromatic rings. The van der Waals surface area contributed by atoms with Gasteiger partial charge in [0.15, 0.2) is 0 Å². The van der Waals surface area contributed by atoms with Gasteiger partial charge >= 0.3 is 0 Å². The third-order valence-corrected chi connectivity index (χ3v) is 3.00. The van der Waals surface area contributed by atoms with Crippen LogP contribution in [0.1, 0.15) is 12.8 Å². The summed E-state index contributed by atoms with van der Waals surface area (Å²) in [6, 6.07) is 5.20. The molecule has 2 rings (SSSR count). The lowest BCUT2D eigenvalue weighted by Crippen LogP contribution is -2.24. The number of carbonyl (C=O) groups excluding carboxylic acids is 2. The summed E-state index contributed by atoms with van der Waals surface area (Å²) < 4.78 is 5.27. The van der Waals surface area contributed by atoms with E-state index in [1.54, 1.807) is 30.2 Å². The molecule has 1 aliphatic rings. The standard InChI is InChI=1S/C14H16N2O3/c1-3-13(17)15-10-6-7-12(19-2)11(9-10)16-8-4-5-14(16)18/h3,6-7,9H,1,4-5,8H2,2H3,(H,15,17). The van der Waals surface area contributed by atoms with Gasteiger partial charge in [-0.2, -0.15) is 0 Å². The van der Waals surface area contributed by atoms with Gasteiger partial charge in [-0.3, -0.25) is 9.59 Å². The van der Waals surface area contributed by atoms with Crippen LogP contribution < -0.4 is 15.0 Å². The van der Waals surface area contributed by atoms with Gasteiger partial charge in [-0.1, -0.05) is 6.58 Å². The highest BCUT2D eigenvalue weighted by Gasteiger charge is 2.24. The topological polar surface area (TPSA) is 58.6 Å². The molecule has 1 aliphatic heterocycles. The molecule has 0 unspecified atom stereocenters. The third-order valence-electron chi connectivity index (χ3n) is 3.00. The predicted molar refractivity (Wildman–Crippen MR) is 73.4 cm³/mol. The number of nitrogens with zero attached hydrogens (tertiary/aromatic N) is 1. The molecule has 1 aromatic carbocycles. The highest BCUT2D eigenvalue weighted by atomic mass is 16.5. The van der Waals surface area contributed by atoms with E-state index in [4.69, 9.17) is 4.74 Å². The quantitative estimate of drug-likeness (QED) is 0.842. The minimum atomic E-state index is -0.288. The summed E-state index contributed by atoms with van der Waals surface area (Å²) in [5.74, 6) is 0.404. The Bertz CT molecular complexity index is 525. The minimum absolute atomic E-state index is 0.0745. The molecule has 1 fully saturated rings. The monoisotopic (exact) mass is 260 g/mol. The van der Waals surface area contributed by atoms with Gasteiger partial charge < -0.3 is 15.0 Å². The van der Waals surface area contributed by atoms with Gasteiger partial charge in [0.1, 0.15) is 5.75 Å². The Kier molecular flexibility index (Phi) is 3.85. The Morgan fingerprint density at radius 1 is 1.53 bits per heavy atom. The molecule has 5 nitrogen and oxygen atoms in total. The van der Waals surface area contributed by atoms with Gasteiger partial charge in [0.05, 0.1) is 12.8 Å². The van der Waals surface area contributed by atoms with Crippen LogP contribution in [-0.2, 0) is 9.59 Å². The molecule has 0 aromatic heterocycles. The fourth-order valence-electron chi connectivity index (χ4n) is 2.07. The number of anilines is 2. The van der Waals surface area contributed by atoms with Crippen LogP contribution in [0, 0.1) is 0 Å². The van der Waals surface area contributed by atoms with Gasteiger partial charge in [-0.15, -0.1) is 0 Å². The Hall–Kier alpha value is -2.30. The molecule has 1 saturated heterocycles. The predicted octanol–water partition coefficient (Wildman–Crippen LogP) is 1.95. The van der Waals surface area contributed by atoms with Crippen LogP contribution in [0.3, 0.4) is 0 Å². The molecular weight excluding hydrogens is 244 g/mol. The van der Waals surface area contributed by atoms with Gasteiger partial charge in [0, 0.05) is 18.7 Å². The summed E-state index contributed by atoms with van der Waals surface area (Å²) >= 11 is 0. The van der Waals surface area contributed by atoms with Crippen molar-refractivity contribution < 1.29 is 14.3 Å². The van der Waals surface area contributed by atoms with Crippen molar-refractivity contribution in [3.8, 4) is 5.75 Å². The minimum Gasteiger partial charge on any atom is -0.495 e. The lowest BCUT2D eigenvalue weighted by Gasteiger charge is -2.19. The molecule has 100 valence electrons. The second-order valence-electron chi connectivity index (χ2n) is 4.23. The average molecular weight is 260 g/mol. The molecule has 0 atom stereocenters. The zero-order chi connectivity index (χ0) is 13.8. The van der Waals surface area contributed by atoms with E-state index >= 15 is 0 Å². The van der Waals surface area contributed by atoms with E-state index < -0.39 is 0 Å². The maximum atomic E-state index is 11.8. The van der Waals surface area contributed by atoms with Crippen molar-refractivity contribution >= 4 is 23.2 Å². The first-order valence-corrected chi connectivity index (χ1v) is 6.07. The molecule has 0 bridgehead atoms. The van der Waals surface area contributed by atoms with Crippen molar-refractivity contribution in [2.24, 2.45) is 0 Å². The van der Waals surface area contributed by atoms with E-state index in [2.05, 4.69) is 11.9 Å². The summed E-state index contributed by atoms with van der Waals surface area (Å²) in [4.78, 5) is 24.8. The Morgan fingerprint density at radius 3 is 2.89 bits per heavy atom. The van der Waals surface area contributed by atoms with Gasteiger partial charge in [0.2, 0.25) is 11.8 Å². The first-order chi connectivity index (χ1) is 9.15. The van der Waals surface area contributed by atoms with E-state index in [9.17, 15) is 9.59 Å². The van der Waals surface area contributed by atoms with Crippen molar-refractivity contribution in [1.29, 1.82) is 0 Å². The first-order valence-electron chi connectivity index (χ1n) is 6.07. The van der Waals surface area contributed by atoms with E-state index in [0.29, 0.717) is 30.1 Å². The van der Waals surface area contributed by atoms with Crippen LogP contribution in [0.15, 0.2) is 30.9 Å². The average Bonchev–Trinajstić information content (AvgIpc) is 2.84. The van der Waals surface area contributed by atoms with Crippen LogP contribution in [0.4, 0.5) is 11.4 Å². The third kappa shape index (κ3) is 2.76. The molecule has 19 heavy (non-hydrogen) atoms. The van der Waals surface area contributed by atoms with Crippen molar-refractivity contribution in [2.45, 2.75) is 12.8 Å². The lowest BCUT2D eigenvalue weighted by atomic mass is 10.2. The number of benzene rings is 1. The second kappa shape index (κ2) is 5.56. The molecule has 0 aliphatic carbocycles. The molecular formula is C14H16N2O3. The Balaban J connectivity index is 2.33. The molecule has 0 radical (unpaired) electrons. The first kappa shape index (κ1) is 13.1. The molecule has 5 heteroatoms. The van der Waals surface area contributed by atoms with Gasteiger partial charge in [0.25, 0.3) is 0 Å². The fourth-order valence-corrected chi connectivity index (χ4v) is 2.07. The lowest BCUT2D eigenvalue weighted by molar-refractivity contribution is -0.117. The van der Waals surface area contributed by atoms with Crippen molar-refractivity contribution in [2.75, 3.05) is 23.9 Å². The number of ether oxygens (including phenoxy) is 1. The molecule has 0 saturated carbocycles. The van der Waals surface area contributed by atoms with Crippen LogP contribution in [0.5, 0.6) is 5.75 Å². The zero-order valence-corrected chi connectivity index (χ0v) is 10.8. The summed E-state index contributed by atoms with van der Waals surface area (Å²) in [6.45, 7) is 4.08. The van der Waals surface area contributed by atoms with Crippen molar-refractivity contribution in [3.05, 3.63) is 30.9 Å². The van der Waals surface area contributed by atoms with Gasteiger partial charge in [-0.25, -0.2) is 0 Å². The maximum absolute atomic E-state index is 11.8. The van der Waals surface area contributed by atoms with Crippen molar-refractivity contribution in [1.82, 2.24) is 0 Å². The zero-order valence-electron chi connectivity index (χ0n) is 10.8. The van der Waals surface area contributed by atoms with E-state index in [0.717, 1.165) is 6.42 Å². The summed E-state index contributed by atoms with van der Waals surface area (Å²) in [6.07, 6.45) is 2.59.